The Kier molecular flexibility index (Phi) is 4.24. The number of carbonyl (C=O) groups excluding carboxylic acids is 1. The minimum absolute atomic E-state index is 0.0365. The summed E-state index contributed by atoms with van der Waals surface area (Å²) in [5, 5.41) is 0. The Balaban J connectivity index is 1.93. The lowest BCUT2D eigenvalue weighted by Gasteiger charge is -2.09. The van der Waals surface area contributed by atoms with Crippen LogP contribution in [0.2, 0.25) is 0 Å². The van der Waals surface area contributed by atoms with E-state index in [0.29, 0.717) is 0 Å². The molecule has 0 bridgehead atoms. The Hall–Kier alpha value is -1.96. The minimum atomic E-state index is 0.0365. The number of hydrogen-bond donors (Lipinski definition) is 0. The molecule has 1 aromatic heterocycles. The molecule has 2 heteroatoms. The summed E-state index contributed by atoms with van der Waals surface area (Å²) in [6.07, 6.45) is 3.48. The first-order chi connectivity index (χ1) is 8.77. The summed E-state index contributed by atoms with van der Waals surface area (Å²) in [6.45, 7) is 1.98. The average Bonchev–Trinajstić information content (AvgIpc) is 2.46. The zero-order valence-electron chi connectivity index (χ0n) is 10.5. The van der Waals surface area contributed by atoms with Gasteiger partial charge in [0, 0.05) is 23.4 Å². The summed E-state index contributed by atoms with van der Waals surface area (Å²) in [6, 6.07) is 15.4. The van der Waals surface area contributed by atoms with Crippen molar-refractivity contribution in [3.05, 3.63) is 66.0 Å². The van der Waals surface area contributed by atoms with Crippen molar-refractivity contribution in [2.75, 3.05) is 0 Å². The van der Waals surface area contributed by atoms with E-state index in [1.165, 1.54) is 0 Å². The van der Waals surface area contributed by atoms with E-state index >= 15 is 0 Å². The predicted octanol–water partition coefficient (Wildman–Crippen LogP) is 3.53. The molecule has 1 heterocycles. The number of ketones is 1. The maximum atomic E-state index is 12.1. The predicted molar refractivity (Wildman–Crippen MR) is 72.5 cm³/mol. The van der Waals surface area contributed by atoms with Gasteiger partial charge in [-0.05, 0) is 25.0 Å². The molecule has 1 atom stereocenters. The molecule has 2 nitrogen and oxygen atoms in total. The van der Waals surface area contributed by atoms with Gasteiger partial charge in [-0.25, -0.2) is 0 Å². The molecule has 1 aromatic carbocycles. The molecule has 0 saturated heterocycles. The van der Waals surface area contributed by atoms with Crippen LogP contribution in [0.1, 0.15) is 29.4 Å². The van der Waals surface area contributed by atoms with E-state index < -0.39 is 0 Å². The standard InChI is InChI=1S/C16H17NO/c1-13(10-11-15-9-5-6-12-17-15)16(18)14-7-3-2-4-8-14/h2-9,12-13H,10-11H2,1H3/t13-/m1/s1. The summed E-state index contributed by atoms with van der Waals surface area (Å²) in [4.78, 5) is 16.4. The van der Waals surface area contributed by atoms with Crippen LogP contribution in [0.25, 0.3) is 0 Å². The van der Waals surface area contributed by atoms with Gasteiger partial charge in [0.1, 0.15) is 0 Å². The number of hydrogen-bond acceptors (Lipinski definition) is 2. The number of nitrogens with zero attached hydrogens (tertiary/aromatic N) is 1. The average molecular weight is 239 g/mol. The molecule has 0 spiro atoms. The highest BCUT2D eigenvalue weighted by Crippen LogP contribution is 2.14. The van der Waals surface area contributed by atoms with Crippen molar-refractivity contribution in [3.8, 4) is 0 Å². The topological polar surface area (TPSA) is 30.0 Å². The van der Waals surface area contributed by atoms with Gasteiger partial charge in [0.15, 0.2) is 5.78 Å². The lowest BCUT2D eigenvalue weighted by atomic mass is 9.94. The van der Waals surface area contributed by atoms with E-state index in [1.807, 2.05) is 55.5 Å². The van der Waals surface area contributed by atoms with Crippen molar-refractivity contribution in [2.24, 2.45) is 5.92 Å². The fourth-order valence-corrected chi connectivity index (χ4v) is 1.93. The SMILES string of the molecule is C[C@H](CCc1ccccn1)C(=O)c1ccccc1. The number of carbonyl (C=O) groups is 1. The molecule has 18 heavy (non-hydrogen) atoms. The highest BCUT2D eigenvalue weighted by molar-refractivity contribution is 5.97. The van der Waals surface area contributed by atoms with Gasteiger partial charge in [0.25, 0.3) is 0 Å². The summed E-state index contributed by atoms with van der Waals surface area (Å²) in [7, 11) is 0. The highest BCUT2D eigenvalue weighted by Gasteiger charge is 2.14. The van der Waals surface area contributed by atoms with Crippen molar-refractivity contribution in [2.45, 2.75) is 19.8 Å². The normalized spacial score (nSPS) is 12.1. The van der Waals surface area contributed by atoms with Gasteiger partial charge in [-0.15, -0.1) is 0 Å². The molecule has 0 aliphatic rings. The lowest BCUT2D eigenvalue weighted by Crippen LogP contribution is -2.12. The number of pyridine rings is 1. The molecule has 0 fully saturated rings. The number of benzene rings is 1. The van der Waals surface area contributed by atoms with Crippen molar-refractivity contribution in [1.82, 2.24) is 4.98 Å². The summed E-state index contributed by atoms with van der Waals surface area (Å²) < 4.78 is 0. The van der Waals surface area contributed by atoms with E-state index in [1.54, 1.807) is 6.20 Å². The zero-order valence-corrected chi connectivity index (χ0v) is 10.5. The molecule has 0 aliphatic heterocycles. The largest absolute Gasteiger partial charge is 0.294 e. The smallest absolute Gasteiger partial charge is 0.165 e. The fraction of sp³-hybridized carbons (Fsp3) is 0.250. The van der Waals surface area contributed by atoms with Gasteiger partial charge < -0.3 is 0 Å². The molecular weight excluding hydrogens is 222 g/mol. The zero-order chi connectivity index (χ0) is 12.8. The second-order valence-electron chi connectivity index (χ2n) is 4.49. The number of aromatic nitrogens is 1. The van der Waals surface area contributed by atoms with E-state index in [0.717, 1.165) is 24.1 Å². The molecule has 0 amide bonds. The number of aryl methyl sites for hydroxylation is 1. The van der Waals surface area contributed by atoms with Crippen LogP contribution in [0, 0.1) is 5.92 Å². The molecule has 0 aliphatic carbocycles. The van der Waals surface area contributed by atoms with Crippen molar-refractivity contribution >= 4 is 5.78 Å². The van der Waals surface area contributed by atoms with Gasteiger partial charge in [0.05, 0.1) is 0 Å². The number of Topliss-reactive ketones (excluding diaryl/α,β-unsaturated/α-hetero) is 1. The first-order valence-corrected chi connectivity index (χ1v) is 6.26. The molecule has 0 N–H and O–H groups in total. The fourth-order valence-electron chi connectivity index (χ4n) is 1.93. The Morgan fingerprint density at radius 3 is 2.50 bits per heavy atom. The second kappa shape index (κ2) is 6.10. The Morgan fingerprint density at radius 2 is 1.83 bits per heavy atom. The molecule has 0 saturated carbocycles. The van der Waals surface area contributed by atoms with Gasteiger partial charge in [-0.3, -0.25) is 9.78 Å². The van der Waals surface area contributed by atoms with Crippen molar-refractivity contribution in [3.63, 3.8) is 0 Å². The van der Waals surface area contributed by atoms with Gasteiger partial charge in [0.2, 0.25) is 0 Å². The summed E-state index contributed by atoms with van der Waals surface area (Å²) in [5.41, 5.74) is 1.84. The van der Waals surface area contributed by atoms with E-state index in [4.69, 9.17) is 0 Å². The van der Waals surface area contributed by atoms with E-state index in [2.05, 4.69) is 4.98 Å². The monoisotopic (exact) mass is 239 g/mol. The third-order valence-corrected chi connectivity index (χ3v) is 3.07. The molecular formula is C16H17NO. The van der Waals surface area contributed by atoms with Crippen LogP contribution < -0.4 is 0 Å². The molecule has 2 aromatic rings. The van der Waals surface area contributed by atoms with Gasteiger partial charge in [-0.2, -0.15) is 0 Å². The maximum absolute atomic E-state index is 12.1. The molecule has 0 unspecified atom stereocenters. The quantitative estimate of drug-likeness (QED) is 0.747. The molecule has 92 valence electrons. The van der Waals surface area contributed by atoms with E-state index in [9.17, 15) is 4.79 Å². The molecule has 2 rings (SSSR count). The lowest BCUT2D eigenvalue weighted by molar-refractivity contribution is 0.0924. The van der Waals surface area contributed by atoms with Crippen molar-refractivity contribution in [1.29, 1.82) is 0 Å². The second-order valence-corrected chi connectivity index (χ2v) is 4.49. The summed E-state index contributed by atoms with van der Waals surface area (Å²) in [5.74, 6) is 0.251. The van der Waals surface area contributed by atoms with Crippen LogP contribution in [0.15, 0.2) is 54.7 Å². The Morgan fingerprint density at radius 1 is 1.11 bits per heavy atom. The van der Waals surface area contributed by atoms with Crippen LogP contribution in [0.3, 0.4) is 0 Å². The first kappa shape index (κ1) is 12.5. The minimum Gasteiger partial charge on any atom is -0.294 e. The Bertz CT molecular complexity index is 493. The third kappa shape index (κ3) is 3.27. The first-order valence-electron chi connectivity index (χ1n) is 6.26. The van der Waals surface area contributed by atoms with Crippen LogP contribution >= 0.6 is 0 Å². The van der Waals surface area contributed by atoms with Crippen LogP contribution in [0.4, 0.5) is 0 Å². The van der Waals surface area contributed by atoms with Crippen LogP contribution in [-0.4, -0.2) is 10.8 Å². The molecule has 0 radical (unpaired) electrons. The van der Waals surface area contributed by atoms with Crippen LogP contribution in [-0.2, 0) is 6.42 Å². The third-order valence-electron chi connectivity index (χ3n) is 3.07. The van der Waals surface area contributed by atoms with Gasteiger partial charge in [-0.1, -0.05) is 43.3 Å². The Labute approximate surface area is 108 Å². The van der Waals surface area contributed by atoms with Gasteiger partial charge >= 0.3 is 0 Å². The van der Waals surface area contributed by atoms with E-state index in [-0.39, 0.29) is 11.7 Å². The van der Waals surface area contributed by atoms with Crippen LogP contribution in [0.5, 0.6) is 0 Å². The maximum Gasteiger partial charge on any atom is 0.165 e. The summed E-state index contributed by atoms with van der Waals surface area (Å²) >= 11 is 0. The highest BCUT2D eigenvalue weighted by atomic mass is 16.1. The number of rotatable bonds is 5. The van der Waals surface area contributed by atoms with Crippen molar-refractivity contribution < 1.29 is 4.79 Å².